The first-order chi connectivity index (χ1) is 20.2. The number of nitrogens with zero attached hydrogens (tertiary/aromatic N) is 1. The summed E-state index contributed by atoms with van der Waals surface area (Å²) >= 11 is 0. The van der Waals surface area contributed by atoms with Gasteiger partial charge in [-0.2, -0.15) is 0 Å². The highest BCUT2D eigenvalue weighted by Gasteiger charge is 2.49. The molecule has 0 saturated carbocycles. The molecular formula is C38H61NO2Si. The number of amides is 1. The van der Waals surface area contributed by atoms with E-state index in [-0.39, 0.29) is 5.04 Å². The number of hydrogen-bond acceptors (Lipinski definition) is 2. The van der Waals surface area contributed by atoms with E-state index in [4.69, 9.17) is 4.43 Å². The number of carbonyl (C=O) groups excluding carboxylic acids is 1. The highest BCUT2D eigenvalue weighted by Crippen LogP contribution is 2.36. The molecule has 42 heavy (non-hydrogen) atoms. The van der Waals surface area contributed by atoms with E-state index in [1.807, 2.05) is 0 Å². The number of carbonyl (C=O) groups is 1. The maximum Gasteiger partial charge on any atom is 0.261 e. The quantitative estimate of drug-likeness (QED) is 0.0822. The fraction of sp³-hybridized carbons (Fsp3) is 0.605. The third-order valence-electron chi connectivity index (χ3n) is 8.37. The summed E-state index contributed by atoms with van der Waals surface area (Å²) in [6, 6.07) is 22.2. The lowest BCUT2D eigenvalue weighted by Gasteiger charge is -2.43. The Morgan fingerprint density at radius 1 is 0.762 bits per heavy atom. The van der Waals surface area contributed by atoms with Crippen molar-refractivity contribution in [3.05, 3.63) is 72.8 Å². The molecule has 0 aliphatic rings. The van der Waals surface area contributed by atoms with Crippen LogP contribution in [0.5, 0.6) is 0 Å². The van der Waals surface area contributed by atoms with E-state index in [2.05, 4.69) is 119 Å². The van der Waals surface area contributed by atoms with Crippen molar-refractivity contribution in [2.24, 2.45) is 0 Å². The summed E-state index contributed by atoms with van der Waals surface area (Å²) in [5.41, 5.74) is 0. The molecule has 1 amide bonds. The molecular weight excluding hydrogens is 531 g/mol. The van der Waals surface area contributed by atoms with E-state index in [1.54, 1.807) is 0 Å². The van der Waals surface area contributed by atoms with Gasteiger partial charge in [-0.1, -0.05) is 133 Å². The largest absolute Gasteiger partial charge is 0.407 e. The van der Waals surface area contributed by atoms with Crippen molar-refractivity contribution in [2.75, 3.05) is 13.2 Å². The summed E-state index contributed by atoms with van der Waals surface area (Å²) in [7, 11) is -2.41. The zero-order valence-corrected chi connectivity index (χ0v) is 28.9. The molecule has 0 aromatic heterocycles. The van der Waals surface area contributed by atoms with Crippen molar-refractivity contribution in [2.45, 2.75) is 136 Å². The molecule has 0 unspecified atom stereocenters. The van der Waals surface area contributed by atoms with Gasteiger partial charge in [-0.25, -0.2) is 0 Å². The average molecular weight is 592 g/mol. The van der Waals surface area contributed by atoms with Gasteiger partial charge in [0.25, 0.3) is 8.32 Å². The second kappa shape index (κ2) is 19.9. The predicted octanol–water partition coefficient (Wildman–Crippen LogP) is 9.45. The molecule has 0 radical (unpaired) electrons. The number of hydrogen-bond donors (Lipinski definition) is 0. The van der Waals surface area contributed by atoms with Crippen molar-refractivity contribution in [3.63, 3.8) is 0 Å². The Labute approximate surface area is 260 Å². The average Bonchev–Trinajstić information content (AvgIpc) is 2.97. The molecule has 4 heteroatoms. The summed E-state index contributed by atoms with van der Waals surface area (Å²) in [6.45, 7) is 15.3. The highest BCUT2D eigenvalue weighted by molar-refractivity contribution is 6.99. The molecule has 0 spiro atoms. The molecule has 0 atom stereocenters. The van der Waals surface area contributed by atoms with Crippen LogP contribution in [0.3, 0.4) is 0 Å². The fourth-order valence-electron chi connectivity index (χ4n) is 6.00. The Morgan fingerprint density at radius 2 is 1.29 bits per heavy atom. The lowest BCUT2D eigenvalue weighted by Crippen LogP contribution is -2.66. The number of unbranched alkanes of at least 4 members (excludes halogenated alkanes) is 9. The Bertz CT molecular complexity index is 957. The summed E-state index contributed by atoms with van der Waals surface area (Å²) in [6.07, 6.45) is 19.4. The minimum Gasteiger partial charge on any atom is -0.407 e. The molecule has 234 valence electrons. The van der Waals surface area contributed by atoms with Crippen LogP contribution in [0.1, 0.15) is 125 Å². The molecule has 2 rings (SSSR count). The number of rotatable bonds is 21. The fourth-order valence-corrected chi connectivity index (χ4v) is 10.6. The molecule has 0 aliphatic heterocycles. The molecule has 2 aromatic carbocycles. The van der Waals surface area contributed by atoms with Gasteiger partial charge in [-0.3, -0.25) is 4.79 Å². The predicted molar refractivity (Wildman–Crippen MR) is 185 cm³/mol. The van der Waals surface area contributed by atoms with Crippen LogP contribution in [-0.2, 0) is 9.22 Å². The van der Waals surface area contributed by atoms with E-state index in [1.165, 1.54) is 48.9 Å². The van der Waals surface area contributed by atoms with E-state index in [0.717, 1.165) is 51.7 Å². The molecule has 3 nitrogen and oxygen atoms in total. The van der Waals surface area contributed by atoms with Gasteiger partial charge in [-0.05, 0) is 74.2 Å². The van der Waals surface area contributed by atoms with E-state index in [9.17, 15) is 4.79 Å². The first-order valence-corrected chi connectivity index (χ1v) is 18.8. The van der Waals surface area contributed by atoms with E-state index < -0.39 is 8.32 Å². The lowest BCUT2D eigenvalue weighted by molar-refractivity contribution is -0.133. The van der Waals surface area contributed by atoms with Crippen LogP contribution in [0, 0.1) is 0 Å². The van der Waals surface area contributed by atoms with Gasteiger partial charge >= 0.3 is 0 Å². The first kappa shape index (κ1) is 36.0. The Hall–Kier alpha value is -2.17. The minimum absolute atomic E-state index is 0.0390. The first-order valence-electron chi connectivity index (χ1n) is 16.9. The molecule has 0 fully saturated rings. The molecule has 0 N–H and O–H groups in total. The molecule has 0 heterocycles. The monoisotopic (exact) mass is 591 g/mol. The Kier molecular flexibility index (Phi) is 17.1. The van der Waals surface area contributed by atoms with Gasteiger partial charge < -0.3 is 9.33 Å². The lowest BCUT2D eigenvalue weighted by atomic mass is 10.1. The summed E-state index contributed by atoms with van der Waals surface area (Å²) < 4.78 is 7.02. The Morgan fingerprint density at radius 3 is 1.81 bits per heavy atom. The zero-order valence-electron chi connectivity index (χ0n) is 27.9. The molecule has 0 bridgehead atoms. The summed E-state index contributed by atoms with van der Waals surface area (Å²) in [4.78, 5) is 14.7. The van der Waals surface area contributed by atoms with Crippen LogP contribution in [0.2, 0.25) is 5.04 Å². The van der Waals surface area contributed by atoms with Crippen LogP contribution in [0.15, 0.2) is 72.8 Å². The second-order valence-electron chi connectivity index (χ2n) is 13.2. The minimum atomic E-state index is -2.41. The van der Waals surface area contributed by atoms with Crippen LogP contribution >= 0.6 is 0 Å². The standard InChI is InChI=1S/C38H61NO2Si/c1-7-8-9-24-31-37(40)39(34(2)3)32-25-16-14-12-10-11-13-15-17-26-33-41-42(38(4,5)6,35-27-20-18-21-28-35)36-29-22-19-23-30-36/h10,12,18-23,27-30,34H,7-9,11,13-17,24-26,31-33H2,1-6H3. The maximum atomic E-state index is 12.6. The van der Waals surface area contributed by atoms with Crippen LogP contribution < -0.4 is 10.4 Å². The molecule has 0 aliphatic carbocycles. The third kappa shape index (κ3) is 11.8. The topological polar surface area (TPSA) is 29.5 Å². The van der Waals surface area contributed by atoms with Gasteiger partial charge in [0, 0.05) is 25.6 Å². The van der Waals surface area contributed by atoms with Crippen LogP contribution in [-0.4, -0.2) is 38.3 Å². The van der Waals surface area contributed by atoms with Crippen molar-refractivity contribution in [1.29, 1.82) is 0 Å². The van der Waals surface area contributed by atoms with E-state index in [0.29, 0.717) is 18.4 Å². The van der Waals surface area contributed by atoms with Gasteiger partial charge in [0.15, 0.2) is 0 Å². The Balaban J connectivity index is 1.68. The van der Waals surface area contributed by atoms with Gasteiger partial charge in [0.2, 0.25) is 5.91 Å². The third-order valence-corrected chi connectivity index (χ3v) is 13.4. The summed E-state index contributed by atoms with van der Waals surface area (Å²) in [5, 5.41) is 2.76. The van der Waals surface area contributed by atoms with Gasteiger partial charge in [-0.15, -0.1) is 0 Å². The normalized spacial score (nSPS) is 12.4. The summed E-state index contributed by atoms with van der Waals surface area (Å²) in [5.74, 6) is 0.341. The van der Waals surface area contributed by atoms with Crippen LogP contribution in [0.4, 0.5) is 0 Å². The second-order valence-corrected chi connectivity index (χ2v) is 17.5. The molecule has 2 aromatic rings. The van der Waals surface area contributed by atoms with Crippen LogP contribution in [0.25, 0.3) is 0 Å². The molecule has 0 saturated heterocycles. The smallest absolute Gasteiger partial charge is 0.261 e. The van der Waals surface area contributed by atoms with Gasteiger partial charge in [0.1, 0.15) is 0 Å². The van der Waals surface area contributed by atoms with Crippen molar-refractivity contribution in [1.82, 2.24) is 4.90 Å². The number of benzene rings is 2. The van der Waals surface area contributed by atoms with Crippen molar-refractivity contribution < 1.29 is 9.22 Å². The van der Waals surface area contributed by atoms with Crippen molar-refractivity contribution in [3.8, 4) is 0 Å². The number of allylic oxidation sites excluding steroid dienone is 2. The zero-order chi connectivity index (χ0) is 30.7. The van der Waals surface area contributed by atoms with Gasteiger partial charge in [0.05, 0.1) is 0 Å². The SMILES string of the molecule is CCCCCCC(=O)N(CCCCC=CCCCCCCO[Si](c1ccccc1)(c1ccccc1)C(C)(C)C)C(C)C. The highest BCUT2D eigenvalue weighted by atomic mass is 28.4. The van der Waals surface area contributed by atoms with Crippen molar-refractivity contribution >= 4 is 24.6 Å². The van der Waals surface area contributed by atoms with E-state index >= 15 is 0 Å². The maximum absolute atomic E-state index is 12.6.